The van der Waals surface area contributed by atoms with Crippen molar-refractivity contribution in [3.63, 3.8) is 0 Å². The summed E-state index contributed by atoms with van der Waals surface area (Å²) >= 11 is 0. The Hall–Kier alpha value is -2.51. The number of pyridine rings is 1. The summed E-state index contributed by atoms with van der Waals surface area (Å²) in [7, 11) is 0. The van der Waals surface area contributed by atoms with Crippen molar-refractivity contribution in [1.82, 2.24) is 15.6 Å². The fraction of sp³-hybridized carbons (Fsp3) is 0.200. The van der Waals surface area contributed by atoms with Crippen molar-refractivity contribution in [2.24, 2.45) is 0 Å². The smallest absolute Gasteiger partial charge is 0.322 e. The monoisotopic (exact) mass is 255 g/mol. The molecule has 0 aromatic carbocycles. The Bertz CT molecular complexity index is 478. The lowest BCUT2D eigenvalue weighted by atomic mass is 10.3. The Kier molecular flexibility index (Phi) is 4.73. The summed E-state index contributed by atoms with van der Waals surface area (Å²) in [6.45, 7) is -0.947. The summed E-state index contributed by atoms with van der Waals surface area (Å²) in [5.74, 6) is -3.39. The van der Waals surface area contributed by atoms with Crippen LogP contribution < -0.4 is 10.6 Å². The Labute approximate surface area is 101 Å². The number of carboxylic acids is 1. The van der Waals surface area contributed by atoms with Gasteiger partial charge >= 0.3 is 5.97 Å². The highest BCUT2D eigenvalue weighted by molar-refractivity contribution is 5.95. The highest BCUT2D eigenvalue weighted by atomic mass is 19.1. The number of nitrogens with one attached hydrogen (secondary N) is 2. The molecule has 0 aliphatic carbocycles. The molecule has 8 heteroatoms. The predicted molar refractivity (Wildman–Crippen MR) is 57.2 cm³/mol. The summed E-state index contributed by atoms with van der Waals surface area (Å²) < 4.78 is 12.7. The zero-order valence-corrected chi connectivity index (χ0v) is 9.14. The van der Waals surface area contributed by atoms with E-state index in [9.17, 15) is 18.8 Å². The van der Waals surface area contributed by atoms with E-state index in [2.05, 4.69) is 15.6 Å². The van der Waals surface area contributed by atoms with E-state index in [-0.39, 0.29) is 5.69 Å². The van der Waals surface area contributed by atoms with Gasteiger partial charge < -0.3 is 15.7 Å². The van der Waals surface area contributed by atoms with E-state index < -0.39 is 36.8 Å². The molecule has 0 fully saturated rings. The lowest BCUT2D eigenvalue weighted by Gasteiger charge is -2.04. The first-order valence-corrected chi connectivity index (χ1v) is 4.88. The Morgan fingerprint density at radius 1 is 1.22 bits per heavy atom. The zero-order chi connectivity index (χ0) is 13.5. The molecule has 3 N–H and O–H groups in total. The van der Waals surface area contributed by atoms with Crippen LogP contribution in [0.3, 0.4) is 0 Å². The third-order valence-corrected chi connectivity index (χ3v) is 1.79. The number of carboxylic acid groups (broad SMARTS) is 1. The van der Waals surface area contributed by atoms with Crippen LogP contribution in [-0.4, -0.2) is 41.0 Å². The first-order valence-electron chi connectivity index (χ1n) is 4.88. The molecule has 96 valence electrons. The van der Waals surface area contributed by atoms with Gasteiger partial charge in [-0.3, -0.25) is 14.4 Å². The molecule has 0 bridgehead atoms. The van der Waals surface area contributed by atoms with Crippen molar-refractivity contribution in [2.75, 3.05) is 13.1 Å². The highest BCUT2D eigenvalue weighted by Crippen LogP contribution is 1.97. The number of amides is 2. The fourth-order valence-corrected chi connectivity index (χ4v) is 1.02. The van der Waals surface area contributed by atoms with Gasteiger partial charge in [0, 0.05) is 0 Å². The average molecular weight is 255 g/mol. The van der Waals surface area contributed by atoms with E-state index in [0.717, 1.165) is 6.07 Å². The number of carbonyl (C=O) groups excluding carboxylic acids is 2. The fourth-order valence-electron chi connectivity index (χ4n) is 1.02. The summed E-state index contributed by atoms with van der Waals surface area (Å²) in [4.78, 5) is 35.9. The van der Waals surface area contributed by atoms with Crippen LogP contribution in [0.2, 0.25) is 0 Å². The van der Waals surface area contributed by atoms with Crippen LogP contribution in [0.1, 0.15) is 10.5 Å². The maximum atomic E-state index is 12.7. The van der Waals surface area contributed by atoms with Gasteiger partial charge in [0.05, 0.1) is 6.54 Å². The average Bonchev–Trinajstić information content (AvgIpc) is 2.33. The van der Waals surface area contributed by atoms with Gasteiger partial charge in [0.2, 0.25) is 11.9 Å². The highest BCUT2D eigenvalue weighted by Gasteiger charge is 2.10. The molecule has 0 atom stereocenters. The van der Waals surface area contributed by atoms with Gasteiger partial charge in [0.25, 0.3) is 5.91 Å². The molecule has 0 aliphatic heterocycles. The number of carbonyl (C=O) groups is 3. The summed E-state index contributed by atoms with van der Waals surface area (Å²) in [6, 6.07) is 3.67. The molecule has 0 saturated heterocycles. The molecule has 0 saturated carbocycles. The number of nitrogens with zero attached hydrogens (tertiary/aromatic N) is 1. The zero-order valence-electron chi connectivity index (χ0n) is 9.14. The second-order valence-corrected chi connectivity index (χ2v) is 3.20. The molecule has 2 amide bonds. The number of hydrogen-bond donors (Lipinski definition) is 3. The van der Waals surface area contributed by atoms with Gasteiger partial charge in [-0.15, -0.1) is 0 Å². The number of rotatable bonds is 5. The van der Waals surface area contributed by atoms with Gasteiger partial charge in [-0.2, -0.15) is 4.39 Å². The predicted octanol–water partition coefficient (Wildman–Crippen LogP) is -0.849. The van der Waals surface area contributed by atoms with Crippen molar-refractivity contribution in [3.8, 4) is 0 Å². The number of aliphatic carboxylic acids is 1. The Morgan fingerprint density at radius 2 is 1.94 bits per heavy atom. The van der Waals surface area contributed by atoms with Crippen LogP contribution in [0.5, 0.6) is 0 Å². The van der Waals surface area contributed by atoms with Crippen LogP contribution in [0.4, 0.5) is 4.39 Å². The minimum Gasteiger partial charge on any atom is -0.480 e. The van der Waals surface area contributed by atoms with Crippen LogP contribution in [0.25, 0.3) is 0 Å². The third-order valence-electron chi connectivity index (χ3n) is 1.79. The third kappa shape index (κ3) is 4.56. The molecule has 1 aromatic heterocycles. The minimum atomic E-state index is -1.19. The van der Waals surface area contributed by atoms with Gasteiger partial charge in [-0.25, -0.2) is 4.98 Å². The number of halogens is 1. The van der Waals surface area contributed by atoms with Crippen molar-refractivity contribution in [1.29, 1.82) is 0 Å². The SMILES string of the molecule is O=C(O)CNC(=O)CNC(=O)c1cccc(F)n1. The number of aromatic nitrogens is 1. The first-order chi connectivity index (χ1) is 8.49. The van der Waals surface area contributed by atoms with E-state index in [1.807, 2.05) is 0 Å². The van der Waals surface area contributed by atoms with E-state index in [1.54, 1.807) is 0 Å². The van der Waals surface area contributed by atoms with Crippen molar-refractivity contribution in [2.45, 2.75) is 0 Å². The standard InChI is InChI=1S/C10H10FN3O4/c11-7-3-1-2-6(14-7)10(18)13-4-8(15)12-5-9(16)17/h1-3H,4-5H2,(H,12,15)(H,13,18)(H,16,17). The molecule has 0 radical (unpaired) electrons. The lowest BCUT2D eigenvalue weighted by Crippen LogP contribution is -2.39. The molecular weight excluding hydrogens is 245 g/mol. The van der Waals surface area contributed by atoms with Gasteiger partial charge in [0.1, 0.15) is 12.2 Å². The molecular formula is C10H10FN3O4. The van der Waals surface area contributed by atoms with Crippen molar-refractivity contribution >= 4 is 17.8 Å². The second kappa shape index (κ2) is 6.28. The van der Waals surface area contributed by atoms with Crippen LogP contribution in [-0.2, 0) is 9.59 Å². The topological polar surface area (TPSA) is 108 Å². The molecule has 7 nitrogen and oxygen atoms in total. The van der Waals surface area contributed by atoms with Gasteiger partial charge in [0.15, 0.2) is 0 Å². The second-order valence-electron chi connectivity index (χ2n) is 3.20. The molecule has 1 aromatic rings. The Balaban J connectivity index is 2.42. The van der Waals surface area contributed by atoms with Crippen molar-refractivity contribution < 1.29 is 23.9 Å². The Morgan fingerprint density at radius 3 is 2.56 bits per heavy atom. The van der Waals surface area contributed by atoms with Crippen molar-refractivity contribution in [3.05, 3.63) is 29.8 Å². The van der Waals surface area contributed by atoms with E-state index in [4.69, 9.17) is 5.11 Å². The minimum absolute atomic E-state index is 0.166. The van der Waals surface area contributed by atoms with E-state index in [0.29, 0.717) is 0 Å². The first kappa shape index (κ1) is 13.6. The van der Waals surface area contributed by atoms with Crippen LogP contribution >= 0.6 is 0 Å². The summed E-state index contributed by atoms with van der Waals surface area (Å²) in [6.07, 6.45) is 0. The maximum Gasteiger partial charge on any atom is 0.322 e. The molecule has 1 rings (SSSR count). The van der Waals surface area contributed by atoms with E-state index >= 15 is 0 Å². The quantitative estimate of drug-likeness (QED) is 0.594. The molecule has 0 aliphatic rings. The van der Waals surface area contributed by atoms with Gasteiger partial charge in [-0.1, -0.05) is 6.07 Å². The molecule has 1 heterocycles. The molecule has 18 heavy (non-hydrogen) atoms. The molecule has 0 unspecified atom stereocenters. The van der Waals surface area contributed by atoms with Crippen LogP contribution in [0, 0.1) is 5.95 Å². The summed E-state index contributed by atoms with van der Waals surface area (Å²) in [5, 5.41) is 12.5. The van der Waals surface area contributed by atoms with Crippen LogP contribution in [0.15, 0.2) is 18.2 Å². The number of hydrogen-bond acceptors (Lipinski definition) is 4. The normalized spacial score (nSPS) is 9.61. The maximum absolute atomic E-state index is 12.7. The van der Waals surface area contributed by atoms with E-state index in [1.165, 1.54) is 12.1 Å². The lowest BCUT2D eigenvalue weighted by molar-refractivity contribution is -0.137. The summed E-state index contributed by atoms with van der Waals surface area (Å²) in [5.41, 5.74) is -0.166. The molecule has 0 spiro atoms. The van der Waals surface area contributed by atoms with Gasteiger partial charge in [-0.05, 0) is 12.1 Å². The largest absolute Gasteiger partial charge is 0.480 e.